The Kier molecular flexibility index (Phi) is 5.71. The number of hydrogen-bond acceptors (Lipinski definition) is 5. The maximum Gasteiger partial charge on any atom is 0.251 e. The van der Waals surface area contributed by atoms with Crippen molar-refractivity contribution in [1.29, 1.82) is 0 Å². The number of H-pyrrole nitrogens is 1. The van der Waals surface area contributed by atoms with Gasteiger partial charge in [0, 0.05) is 42.4 Å². The number of carbonyl (C=O) groups is 1. The molecule has 7 heteroatoms. The molecule has 27 heavy (non-hydrogen) atoms. The summed E-state index contributed by atoms with van der Waals surface area (Å²) >= 11 is 0. The third kappa shape index (κ3) is 4.44. The van der Waals surface area contributed by atoms with E-state index in [9.17, 15) is 9.59 Å². The number of aromatic nitrogens is 2. The number of nitrogens with zero attached hydrogens (tertiary/aromatic N) is 1. The van der Waals surface area contributed by atoms with E-state index in [-0.39, 0.29) is 17.9 Å². The van der Waals surface area contributed by atoms with Crippen molar-refractivity contribution >= 4 is 16.8 Å². The first-order valence-electron chi connectivity index (χ1n) is 8.54. The fraction of sp³-hybridized carbons (Fsp3) is 0.250. The summed E-state index contributed by atoms with van der Waals surface area (Å²) in [5.74, 6) is 1.01. The maximum absolute atomic E-state index is 12.3. The molecule has 0 spiro atoms. The van der Waals surface area contributed by atoms with Gasteiger partial charge in [-0.05, 0) is 36.2 Å². The Morgan fingerprint density at radius 3 is 2.52 bits per heavy atom. The highest BCUT2D eigenvalue weighted by Crippen LogP contribution is 2.31. The zero-order chi connectivity index (χ0) is 19.2. The number of fused-ring (bicyclic) bond motifs is 1. The third-order valence-corrected chi connectivity index (χ3v) is 4.29. The lowest BCUT2D eigenvalue weighted by Gasteiger charge is -2.10. The second-order valence-corrected chi connectivity index (χ2v) is 6.05. The maximum atomic E-state index is 12.3. The van der Waals surface area contributed by atoms with Crippen LogP contribution < -0.4 is 20.3 Å². The average Bonchev–Trinajstić information content (AvgIpc) is 2.70. The number of aryl methyl sites for hydroxylation is 1. The van der Waals surface area contributed by atoms with Crippen LogP contribution in [-0.2, 0) is 17.8 Å². The molecule has 0 bridgehead atoms. The molecule has 0 radical (unpaired) electrons. The number of aromatic amines is 1. The van der Waals surface area contributed by atoms with Crippen LogP contribution in [0.15, 0.2) is 47.5 Å². The number of benzene rings is 1. The van der Waals surface area contributed by atoms with Gasteiger partial charge in [0.2, 0.25) is 5.91 Å². The second-order valence-electron chi connectivity index (χ2n) is 6.05. The molecular formula is C20H21N3O4. The molecule has 0 saturated heterocycles. The van der Waals surface area contributed by atoms with Crippen LogP contribution in [0, 0.1) is 0 Å². The lowest BCUT2D eigenvalue weighted by molar-refractivity contribution is -0.121. The molecule has 0 aliphatic carbocycles. The van der Waals surface area contributed by atoms with Crippen LogP contribution in [0.3, 0.4) is 0 Å². The number of rotatable bonds is 7. The molecule has 7 nitrogen and oxygen atoms in total. The Morgan fingerprint density at radius 2 is 1.81 bits per heavy atom. The Morgan fingerprint density at radius 1 is 1.11 bits per heavy atom. The minimum absolute atomic E-state index is 0.112. The SMILES string of the molecule is COc1cc2cc(CCC(=O)NCc3ccncc3)c(=O)[nH]c2cc1OC. The molecular weight excluding hydrogens is 346 g/mol. The molecule has 2 aromatic heterocycles. The van der Waals surface area contributed by atoms with Crippen LogP contribution in [0.1, 0.15) is 17.5 Å². The fourth-order valence-electron chi connectivity index (χ4n) is 2.80. The Hall–Kier alpha value is -3.35. The number of ether oxygens (including phenoxy) is 2. The quantitative estimate of drug-likeness (QED) is 0.668. The van der Waals surface area contributed by atoms with Crippen molar-refractivity contribution in [3.05, 3.63) is 64.2 Å². The zero-order valence-electron chi connectivity index (χ0n) is 15.2. The van der Waals surface area contributed by atoms with Gasteiger partial charge in [0.15, 0.2) is 11.5 Å². The minimum atomic E-state index is -0.211. The summed E-state index contributed by atoms with van der Waals surface area (Å²) in [5.41, 5.74) is 1.97. The van der Waals surface area contributed by atoms with Crippen LogP contribution in [0.5, 0.6) is 11.5 Å². The molecule has 3 aromatic rings. The molecule has 0 saturated carbocycles. The standard InChI is InChI=1S/C20H21N3O4/c1-26-17-10-15-9-14(20(25)23-16(15)11-18(17)27-2)3-4-19(24)22-12-13-5-7-21-8-6-13/h5-11H,3-4,12H2,1-2H3,(H,22,24)(H,23,25). The van der Waals surface area contributed by atoms with Crippen molar-refractivity contribution in [3.63, 3.8) is 0 Å². The van der Waals surface area contributed by atoms with Gasteiger partial charge in [0.1, 0.15) is 0 Å². The summed E-state index contributed by atoms with van der Waals surface area (Å²) < 4.78 is 10.6. The van der Waals surface area contributed by atoms with Gasteiger partial charge in [-0.2, -0.15) is 0 Å². The Balaban J connectivity index is 1.70. The summed E-state index contributed by atoms with van der Waals surface area (Å²) in [4.78, 5) is 31.2. The monoisotopic (exact) mass is 367 g/mol. The zero-order valence-corrected chi connectivity index (χ0v) is 15.2. The summed E-state index contributed by atoms with van der Waals surface area (Å²) in [7, 11) is 3.10. The number of methoxy groups -OCH3 is 2. The van der Waals surface area contributed by atoms with Gasteiger partial charge in [-0.15, -0.1) is 0 Å². The number of carbonyl (C=O) groups excluding carboxylic acids is 1. The highest BCUT2D eigenvalue weighted by atomic mass is 16.5. The molecule has 2 N–H and O–H groups in total. The van der Waals surface area contributed by atoms with Crippen LogP contribution in [0.2, 0.25) is 0 Å². The van der Waals surface area contributed by atoms with E-state index < -0.39 is 0 Å². The molecule has 0 aliphatic rings. The number of pyridine rings is 2. The first kappa shape index (κ1) is 18.4. The lowest BCUT2D eigenvalue weighted by atomic mass is 10.1. The van der Waals surface area contributed by atoms with E-state index in [1.165, 1.54) is 0 Å². The van der Waals surface area contributed by atoms with E-state index in [2.05, 4.69) is 15.3 Å². The summed E-state index contributed by atoms with van der Waals surface area (Å²) in [6.45, 7) is 0.437. The number of amides is 1. The van der Waals surface area contributed by atoms with Crippen molar-refractivity contribution in [3.8, 4) is 11.5 Å². The van der Waals surface area contributed by atoms with Crippen molar-refractivity contribution < 1.29 is 14.3 Å². The highest BCUT2D eigenvalue weighted by molar-refractivity contribution is 5.83. The predicted molar refractivity (Wildman–Crippen MR) is 102 cm³/mol. The molecule has 1 amide bonds. The molecule has 1 aromatic carbocycles. The van der Waals surface area contributed by atoms with Crippen molar-refractivity contribution in [2.45, 2.75) is 19.4 Å². The van der Waals surface area contributed by atoms with Gasteiger partial charge in [0.25, 0.3) is 5.56 Å². The van der Waals surface area contributed by atoms with Crippen LogP contribution in [0.4, 0.5) is 0 Å². The molecule has 0 unspecified atom stereocenters. The first-order chi connectivity index (χ1) is 13.1. The highest BCUT2D eigenvalue weighted by Gasteiger charge is 2.10. The van der Waals surface area contributed by atoms with Gasteiger partial charge in [-0.1, -0.05) is 0 Å². The van der Waals surface area contributed by atoms with E-state index in [4.69, 9.17) is 9.47 Å². The largest absolute Gasteiger partial charge is 0.493 e. The summed E-state index contributed by atoms with van der Waals surface area (Å²) in [6.07, 6.45) is 3.94. The normalized spacial score (nSPS) is 10.6. The molecule has 0 aliphatic heterocycles. The van der Waals surface area contributed by atoms with Crippen LogP contribution in [0.25, 0.3) is 10.9 Å². The van der Waals surface area contributed by atoms with Crippen molar-refractivity contribution in [2.75, 3.05) is 14.2 Å². The fourth-order valence-corrected chi connectivity index (χ4v) is 2.80. The van der Waals surface area contributed by atoms with Gasteiger partial charge >= 0.3 is 0 Å². The molecule has 2 heterocycles. The average molecular weight is 367 g/mol. The van der Waals surface area contributed by atoms with E-state index in [1.54, 1.807) is 44.8 Å². The minimum Gasteiger partial charge on any atom is -0.493 e. The Labute approximate surface area is 156 Å². The lowest BCUT2D eigenvalue weighted by Crippen LogP contribution is -2.24. The van der Waals surface area contributed by atoms with E-state index in [1.807, 2.05) is 12.1 Å². The van der Waals surface area contributed by atoms with Gasteiger partial charge in [-0.25, -0.2) is 0 Å². The van der Waals surface area contributed by atoms with Crippen molar-refractivity contribution in [2.24, 2.45) is 0 Å². The third-order valence-electron chi connectivity index (χ3n) is 4.29. The van der Waals surface area contributed by atoms with Crippen LogP contribution >= 0.6 is 0 Å². The molecule has 140 valence electrons. The Bertz CT molecular complexity index is 999. The van der Waals surface area contributed by atoms with E-state index in [0.29, 0.717) is 35.5 Å². The van der Waals surface area contributed by atoms with Crippen molar-refractivity contribution in [1.82, 2.24) is 15.3 Å². The first-order valence-corrected chi connectivity index (χ1v) is 8.54. The smallest absolute Gasteiger partial charge is 0.251 e. The van der Waals surface area contributed by atoms with E-state index in [0.717, 1.165) is 10.9 Å². The van der Waals surface area contributed by atoms with Gasteiger partial charge in [-0.3, -0.25) is 14.6 Å². The van der Waals surface area contributed by atoms with Gasteiger partial charge in [0.05, 0.1) is 19.7 Å². The van der Waals surface area contributed by atoms with Crippen LogP contribution in [-0.4, -0.2) is 30.1 Å². The predicted octanol–water partition coefficient (Wildman–Crippen LogP) is 2.19. The molecule has 0 fully saturated rings. The molecule has 0 atom stereocenters. The topological polar surface area (TPSA) is 93.3 Å². The summed E-state index contributed by atoms with van der Waals surface area (Å²) in [6, 6.07) is 9.00. The summed E-state index contributed by atoms with van der Waals surface area (Å²) in [5, 5.41) is 3.66. The number of nitrogens with one attached hydrogen (secondary N) is 2. The molecule has 3 rings (SSSR count). The second kappa shape index (κ2) is 8.35. The number of hydrogen-bond donors (Lipinski definition) is 2. The van der Waals surface area contributed by atoms with E-state index >= 15 is 0 Å². The van der Waals surface area contributed by atoms with Gasteiger partial charge < -0.3 is 19.8 Å².